The number of halogens is 1. The van der Waals surface area contributed by atoms with Crippen molar-refractivity contribution in [3.63, 3.8) is 0 Å². The summed E-state index contributed by atoms with van der Waals surface area (Å²) in [5.41, 5.74) is 1.12. The molecule has 0 spiro atoms. The summed E-state index contributed by atoms with van der Waals surface area (Å²) in [4.78, 5) is 0. The molecule has 0 aliphatic carbocycles. The van der Waals surface area contributed by atoms with Crippen LogP contribution >= 0.6 is 15.9 Å². The molecule has 13 heavy (non-hydrogen) atoms. The van der Waals surface area contributed by atoms with Crippen molar-refractivity contribution in [2.75, 3.05) is 6.54 Å². The molecule has 0 saturated heterocycles. The van der Waals surface area contributed by atoms with Gasteiger partial charge in [-0.15, -0.1) is 0 Å². The Morgan fingerprint density at radius 2 is 1.85 bits per heavy atom. The second-order valence-electron chi connectivity index (χ2n) is 2.54. The fourth-order valence-corrected chi connectivity index (χ4v) is 1.50. The minimum Gasteiger partial charge on any atom is -0.217 e. The van der Waals surface area contributed by atoms with E-state index in [9.17, 15) is 8.42 Å². The van der Waals surface area contributed by atoms with E-state index in [0.29, 0.717) is 6.54 Å². The number of hydrogen-bond donors (Lipinski definition) is 2. The standard InChI is InChI=1S/C8H10BrNO2S/c9-8-3-1-7(2-4-8)5-6-10-13(11)12/h1-4,13H,5-6H2,(H,10,11,12). The lowest BCUT2D eigenvalue weighted by Gasteiger charge is -1.99. The van der Waals surface area contributed by atoms with E-state index < -0.39 is 10.9 Å². The highest BCUT2D eigenvalue weighted by atomic mass is 79.9. The molecule has 0 saturated carbocycles. The highest BCUT2D eigenvalue weighted by Crippen LogP contribution is 2.10. The Morgan fingerprint density at radius 3 is 2.38 bits per heavy atom. The zero-order chi connectivity index (χ0) is 9.68. The van der Waals surface area contributed by atoms with E-state index in [1.54, 1.807) is 0 Å². The van der Waals surface area contributed by atoms with Gasteiger partial charge in [0.15, 0.2) is 0 Å². The Hall–Kier alpha value is -0.390. The van der Waals surface area contributed by atoms with Gasteiger partial charge in [0.05, 0.1) is 0 Å². The summed E-state index contributed by atoms with van der Waals surface area (Å²) in [6, 6.07) is 7.80. The molecular formula is C8H10BrNO2S. The van der Waals surface area contributed by atoms with Crippen molar-refractivity contribution in [2.45, 2.75) is 6.42 Å². The van der Waals surface area contributed by atoms with Crippen molar-refractivity contribution in [3.8, 4) is 0 Å². The number of nitrogens with one attached hydrogen (secondary N) is 1. The fourth-order valence-electron chi connectivity index (χ4n) is 0.943. The average molecular weight is 264 g/mol. The van der Waals surface area contributed by atoms with E-state index in [1.807, 2.05) is 24.3 Å². The number of benzene rings is 1. The molecule has 1 aromatic carbocycles. The molecule has 3 nitrogen and oxygen atoms in total. The van der Waals surface area contributed by atoms with Gasteiger partial charge in [-0.2, -0.15) is 0 Å². The van der Waals surface area contributed by atoms with Gasteiger partial charge >= 0.3 is 0 Å². The van der Waals surface area contributed by atoms with Gasteiger partial charge < -0.3 is 0 Å². The Balaban J connectivity index is 2.41. The van der Waals surface area contributed by atoms with Crippen LogP contribution in [0.1, 0.15) is 5.56 Å². The van der Waals surface area contributed by atoms with E-state index in [-0.39, 0.29) is 0 Å². The maximum atomic E-state index is 10.2. The predicted octanol–water partition coefficient (Wildman–Crippen LogP) is 1.11. The summed E-state index contributed by atoms with van der Waals surface area (Å²) in [5, 5.41) is 0. The van der Waals surface area contributed by atoms with Gasteiger partial charge in [0.25, 0.3) is 0 Å². The molecule has 0 amide bonds. The molecule has 1 N–H and O–H groups in total. The lowest BCUT2D eigenvalue weighted by atomic mass is 10.2. The molecule has 0 radical (unpaired) electrons. The first-order chi connectivity index (χ1) is 6.18. The Kier molecular flexibility index (Phi) is 4.41. The maximum Gasteiger partial charge on any atom is 0.201 e. The summed E-state index contributed by atoms with van der Waals surface area (Å²) >= 11 is 3.32. The molecule has 72 valence electrons. The van der Waals surface area contributed by atoms with Crippen LogP contribution in [0.15, 0.2) is 28.7 Å². The molecule has 0 aromatic heterocycles. The summed E-state index contributed by atoms with van der Waals surface area (Å²) in [6.07, 6.45) is 0.719. The monoisotopic (exact) mass is 263 g/mol. The minimum absolute atomic E-state index is 0.459. The quantitative estimate of drug-likeness (QED) is 0.800. The molecule has 0 fully saturated rings. The van der Waals surface area contributed by atoms with Crippen molar-refractivity contribution in [3.05, 3.63) is 34.3 Å². The number of hydrogen-bond acceptors (Lipinski definition) is 2. The van der Waals surface area contributed by atoms with Crippen molar-refractivity contribution >= 4 is 26.8 Å². The maximum absolute atomic E-state index is 10.2. The van der Waals surface area contributed by atoms with Crippen LogP contribution in [0.3, 0.4) is 0 Å². The van der Waals surface area contributed by atoms with E-state index in [0.717, 1.165) is 16.5 Å². The normalized spacial score (nSPS) is 10.6. The van der Waals surface area contributed by atoms with Crippen molar-refractivity contribution in [1.29, 1.82) is 0 Å². The third-order valence-electron chi connectivity index (χ3n) is 1.57. The van der Waals surface area contributed by atoms with E-state index >= 15 is 0 Å². The lowest BCUT2D eigenvalue weighted by Crippen LogP contribution is -2.14. The van der Waals surface area contributed by atoms with Gasteiger partial charge in [-0.25, -0.2) is 13.1 Å². The first-order valence-electron chi connectivity index (χ1n) is 3.81. The van der Waals surface area contributed by atoms with Crippen molar-refractivity contribution < 1.29 is 8.42 Å². The highest BCUT2D eigenvalue weighted by Gasteiger charge is 1.92. The van der Waals surface area contributed by atoms with Crippen LogP contribution in [0.5, 0.6) is 0 Å². The molecule has 1 aromatic rings. The SMILES string of the molecule is O=[SH](=O)NCCc1ccc(Br)cc1. The Morgan fingerprint density at radius 1 is 1.23 bits per heavy atom. The van der Waals surface area contributed by atoms with Crippen LogP contribution in [0.25, 0.3) is 0 Å². The second-order valence-corrected chi connectivity index (χ2v) is 4.29. The van der Waals surface area contributed by atoms with Gasteiger partial charge in [-0.1, -0.05) is 28.1 Å². The Labute approximate surface area is 87.4 Å². The fraction of sp³-hybridized carbons (Fsp3) is 0.250. The molecule has 0 unspecified atom stereocenters. The molecule has 0 aliphatic rings. The molecular weight excluding hydrogens is 254 g/mol. The predicted molar refractivity (Wildman–Crippen MR) is 56.2 cm³/mol. The van der Waals surface area contributed by atoms with Crippen LogP contribution in [0.2, 0.25) is 0 Å². The molecule has 0 bridgehead atoms. The van der Waals surface area contributed by atoms with Crippen LogP contribution in [-0.2, 0) is 17.3 Å². The number of thiol groups is 1. The van der Waals surface area contributed by atoms with Crippen molar-refractivity contribution in [2.24, 2.45) is 0 Å². The van der Waals surface area contributed by atoms with Crippen LogP contribution < -0.4 is 4.72 Å². The third kappa shape index (κ3) is 4.40. The van der Waals surface area contributed by atoms with Gasteiger partial charge in [0.2, 0.25) is 10.9 Å². The Bertz CT molecular complexity index is 327. The molecule has 0 aliphatic heterocycles. The van der Waals surface area contributed by atoms with Gasteiger partial charge in [0.1, 0.15) is 0 Å². The zero-order valence-corrected chi connectivity index (χ0v) is 9.35. The minimum atomic E-state index is -2.46. The van der Waals surface area contributed by atoms with Crippen LogP contribution in [0, 0.1) is 0 Å². The number of rotatable bonds is 4. The van der Waals surface area contributed by atoms with Gasteiger partial charge in [-0.05, 0) is 24.1 Å². The summed E-state index contributed by atoms with van der Waals surface area (Å²) < 4.78 is 23.7. The summed E-state index contributed by atoms with van der Waals surface area (Å²) in [7, 11) is -2.46. The van der Waals surface area contributed by atoms with Gasteiger partial charge in [0, 0.05) is 11.0 Å². The lowest BCUT2D eigenvalue weighted by molar-refractivity contribution is 0.602. The summed E-state index contributed by atoms with van der Waals surface area (Å²) in [5.74, 6) is 0. The van der Waals surface area contributed by atoms with E-state index in [1.165, 1.54) is 0 Å². The van der Waals surface area contributed by atoms with Crippen LogP contribution in [-0.4, -0.2) is 15.0 Å². The first-order valence-corrected chi connectivity index (χ1v) is 5.78. The van der Waals surface area contributed by atoms with E-state index in [4.69, 9.17) is 0 Å². The largest absolute Gasteiger partial charge is 0.217 e. The summed E-state index contributed by atoms with van der Waals surface area (Å²) in [6.45, 7) is 0.459. The topological polar surface area (TPSA) is 46.2 Å². The molecule has 0 heterocycles. The van der Waals surface area contributed by atoms with E-state index in [2.05, 4.69) is 20.7 Å². The highest BCUT2D eigenvalue weighted by molar-refractivity contribution is 9.10. The molecule has 1 rings (SSSR count). The zero-order valence-electron chi connectivity index (χ0n) is 6.87. The van der Waals surface area contributed by atoms with Crippen molar-refractivity contribution in [1.82, 2.24) is 4.72 Å². The smallest absolute Gasteiger partial charge is 0.201 e. The third-order valence-corrected chi connectivity index (χ3v) is 2.58. The second kappa shape index (κ2) is 5.36. The first kappa shape index (κ1) is 10.7. The average Bonchev–Trinajstić information content (AvgIpc) is 2.08. The molecule has 0 atom stereocenters. The van der Waals surface area contributed by atoms with Crippen LogP contribution in [0.4, 0.5) is 0 Å². The van der Waals surface area contributed by atoms with Gasteiger partial charge in [-0.3, -0.25) is 0 Å². The molecule has 5 heteroatoms.